The predicted molar refractivity (Wildman–Crippen MR) is 92.9 cm³/mol. The van der Waals surface area contributed by atoms with E-state index in [1.54, 1.807) is 36.6 Å². The van der Waals surface area contributed by atoms with Crippen molar-refractivity contribution in [2.45, 2.75) is 6.92 Å². The van der Waals surface area contributed by atoms with Crippen LogP contribution in [0.1, 0.15) is 16.2 Å². The van der Waals surface area contributed by atoms with Crippen LogP contribution in [0.5, 0.6) is 11.5 Å². The first-order valence-electron chi connectivity index (χ1n) is 7.20. The number of carbonyl (C=O) groups excluding carboxylic acids is 1. The maximum Gasteiger partial charge on any atom is 0.281 e. The van der Waals surface area contributed by atoms with Crippen molar-refractivity contribution in [2.75, 3.05) is 12.4 Å². The maximum atomic E-state index is 12.4. The molecule has 2 aromatic heterocycles. The summed E-state index contributed by atoms with van der Waals surface area (Å²) in [7, 11) is 1.46. The summed E-state index contributed by atoms with van der Waals surface area (Å²) in [5.41, 5.74) is 0.229. The smallest absolute Gasteiger partial charge is 0.281 e. The Hall–Kier alpha value is -3.20. The second-order valence-corrected chi connectivity index (χ2v) is 5.91. The fourth-order valence-electron chi connectivity index (χ4n) is 2.15. The summed E-state index contributed by atoms with van der Waals surface area (Å²) in [4.78, 5) is 28.7. The van der Waals surface area contributed by atoms with Gasteiger partial charge in [-0.3, -0.25) is 14.9 Å². The molecule has 3 rings (SSSR count). The third-order valence-electron chi connectivity index (χ3n) is 3.28. The number of aromatic hydroxyl groups is 1. The van der Waals surface area contributed by atoms with E-state index < -0.39 is 17.2 Å². The minimum Gasteiger partial charge on any atom is -0.505 e. The molecule has 1 aromatic carbocycles. The maximum absolute atomic E-state index is 12.4. The zero-order valence-corrected chi connectivity index (χ0v) is 14.2. The van der Waals surface area contributed by atoms with Crippen LogP contribution in [0.4, 0.5) is 5.13 Å². The van der Waals surface area contributed by atoms with E-state index in [0.29, 0.717) is 16.6 Å². The van der Waals surface area contributed by atoms with E-state index >= 15 is 0 Å². The summed E-state index contributed by atoms with van der Waals surface area (Å²) in [5, 5.41) is 18.6. The molecule has 0 bridgehead atoms. The number of hydrogen-bond acceptors (Lipinski definition) is 7. The van der Waals surface area contributed by atoms with E-state index in [1.807, 2.05) is 0 Å². The van der Waals surface area contributed by atoms with Crippen molar-refractivity contribution in [3.63, 3.8) is 0 Å². The largest absolute Gasteiger partial charge is 0.505 e. The van der Waals surface area contributed by atoms with E-state index in [1.165, 1.54) is 18.4 Å². The number of ether oxygens (including phenoxy) is 1. The molecule has 0 aliphatic rings. The van der Waals surface area contributed by atoms with Crippen molar-refractivity contribution in [3.05, 3.63) is 57.5 Å². The van der Waals surface area contributed by atoms with Gasteiger partial charge in [-0.2, -0.15) is 9.78 Å². The molecule has 0 spiro atoms. The number of para-hydroxylation sites is 2. The van der Waals surface area contributed by atoms with E-state index in [9.17, 15) is 14.7 Å². The number of aryl methyl sites for hydroxylation is 1. The van der Waals surface area contributed by atoms with Crippen molar-refractivity contribution in [2.24, 2.45) is 0 Å². The number of carbonyl (C=O) groups is 1. The van der Waals surface area contributed by atoms with Crippen molar-refractivity contribution in [1.82, 2.24) is 14.8 Å². The molecule has 0 saturated heterocycles. The van der Waals surface area contributed by atoms with E-state index in [0.717, 1.165) is 16.4 Å². The first-order valence-corrected chi connectivity index (χ1v) is 8.08. The fourth-order valence-corrected chi connectivity index (χ4v) is 2.84. The Balaban J connectivity index is 2.04. The number of nitrogens with zero attached hydrogens (tertiary/aromatic N) is 3. The third-order valence-corrected chi connectivity index (χ3v) is 4.16. The Kier molecular flexibility index (Phi) is 4.48. The van der Waals surface area contributed by atoms with Crippen LogP contribution < -0.4 is 15.6 Å². The molecule has 2 N–H and O–H groups in total. The van der Waals surface area contributed by atoms with Gasteiger partial charge in [0, 0.05) is 11.4 Å². The molecule has 0 fully saturated rings. The minimum atomic E-state index is -0.671. The fraction of sp³-hybridized carbons (Fsp3) is 0.125. The topological polar surface area (TPSA) is 106 Å². The van der Waals surface area contributed by atoms with Crippen molar-refractivity contribution in [1.29, 1.82) is 0 Å². The lowest BCUT2D eigenvalue weighted by atomic mass is 10.3. The number of aromatic nitrogens is 3. The summed E-state index contributed by atoms with van der Waals surface area (Å²) in [6, 6.07) is 7.66. The van der Waals surface area contributed by atoms with Crippen molar-refractivity contribution < 1.29 is 14.6 Å². The van der Waals surface area contributed by atoms with Crippen LogP contribution >= 0.6 is 11.3 Å². The van der Waals surface area contributed by atoms with Crippen molar-refractivity contribution >= 4 is 22.4 Å². The number of hydrogen-bond donors (Lipinski definition) is 2. The van der Waals surface area contributed by atoms with Gasteiger partial charge in [-0.15, -0.1) is 11.3 Å². The summed E-state index contributed by atoms with van der Waals surface area (Å²) in [6.45, 7) is 1.80. The lowest BCUT2D eigenvalue weighted by molar-refractivity contribution is 0.101. The molecule has 3 aromatic rings. The lowest BCUT2D eigenvalue weighted by Crippen LogP contribution is -2.25. The second kappa shape index (κ2) is 6.73. The summed E-state index contributed by atoms with van der Waals surface area (Å²) in [5.74, 6) is -0.776. The predicted octanol–water partition coefficient (Wildman–Crippen LogP) is 1.96. The number of benzene rings is 1. The van der Waals surface area contributed by atoms with Crippen LogP contribution in [-0.4, -0.2) is 32.9 Å². The molecule has 128 valence electrons. The van der Waals surface area contributed by atoms with Crippen LogP contribution in [0.3, 0.4) is 0 Å². The molecule has 0 radical (unpaired) electrons. The normalized spacial score (nSPS) is 10.5. The standard InChI is InChI=1S/C16H14N4O4S/c1-9-8-25-16(17-9)18-15(23)14-11(21)7-13(22)20(19-14)10-5-3-4-6-12(10)24-2/h3-8,21H,1-2H3,(H,17,18,23). The number of anilines is 1. The molecule has 9 heteroatoms. The number of methoxy groups -OCH3 is 1. The highest BCUT2D eigenvalue weighted by Gasteiger charge is 2.19. The van der Waals surface area contributed by atoms with Gasteiger partial charge in [0.1, 0.15) is 11.4 Å². The van der Waals surface area contributed by atoms with Crippen LogP contribution in [0.15, 0.2) is 40.5 Å². The molecule has 0 unspecified atom stereocenters. The molecular weight excluding hydrogens is 344 g/mol. The van der Waals surface area contributed by atoms with Gasteiger partial charge in [0.25, 0.3) is 11.5 Å². The third kappa shape index (κ3) is 3.36. The number of thiazole rings is 1. The number of nitrogens with one attached hydrogen (secondary N) is 1. The monoisotopic (exact) mass is 358 g/mol. The summed E-state index contributed by atoms with van der Waals surface area (Å²) < 4.78 is 6.21. The minimum absolute atomic E-state index is 0.293. The molecule has 1 amide bonds. The number of rotatable bonds is 4. The van der Waals surface area contributed by atoms with Gasteiger partial charge >= 0.3 is 0 Å². The molecular formula is C16H14N4O4S. The van der Waals surface area contributed by atoms with Gasteiger partial charge in [0.15, 0.2) is 16.6 Å². The molecule has 8 nitrogen and oxygen atoms in total. The highest BCUT2D eigenvalue weighted by molar-refractivity contribution is 7.13. The van der Waals surface area contributed by atoms with Crippen LogP contribution in [0.2, 0.25) is 0 Å². The molecule has 0 saturated carbocycles. The van der Waals surface area contributed by atoms with Gasteiger partial charge in [-0.25, -0.2) is 4.98 Å². The van der Waals surface area contributed by atoms with E-state index in [4.69, 9.17) is 4.74 Å². The lowest BCUT2D eigenvalue weighted by Gasteiger charge is -2.11. The summed E-state index contributed by atoms with van der Waals surface area (Å²) in [6.07, 6.45) is 0. The van der Waals surface area contributed by atoms with Gasteiger partial charge in [-0.1, -0.05) is 12.1 Å². The van der Waals surface area contributed by atoms with E-state index in [-0.39, 0.29) is 5.69 Å². The highest BCUT2D eigenvalue weighted by atomic mass is 32.1. The summed E-state index contributed by atoms with van der Waals surface area (Å²) >= 11 is 1.25. The molecule has 2 heterocycles. The van der Waals surface area contributed by atoms with Gasteiger partial charge < -0.3 is 9.84 Å². The van der Waals surface area contributed by atoms with Crippen LogP contribution in [-0.2, 0) is 0 Å². The Morgan fingerprint density at radius 3 is 2.80 bits per heavy atom. The Morgan fingerprint density at radius 2 is 2.12 bits per heavy atom. The van der Waals surface area contributed by atoms with Gasteiger partial charge in [-0.05, 0) is 19.1 Å². The molecule has 0 atom stereocenters. The Bertz CT molecular complexity index is 996. The molecule has 0 aliphatic heterocycles. The van der Waals surface area contributed by atoms with Crippen LogP contribution in [0.25, 0.3) is 5.69 Å². The zero-order valence-electron chi connectivity index (χ0n) is 13.4. The number of amides is 1. The first kappa shape index (κ1) is 16.7. The van der Waals surface area contributed by atoms with Gasteiger partial charge in [0.2, 0.25) is 0 Å². The Morgan fingerprint density at radius 1 is 1.36 bits per heavy atom. The quantitative estimate of drug-likeness (QED) is 0.738. The average Bonchev–Trinajstić information content (AvgIpc) is 2.99. The van der Waals surface area contributed by atoms with Crippen molar-refractivity contribution in [3.8, 4) is 17.2 Å². The molecule has 25 heavy (non-hydrogen) atoms. The SMILES string of the molecule is COc1ccccc1-n1nc(C(=O)Nc2nc(C)cs2)c(O)cc1=O. The zero-order chi connectivity index (χ0) is 18.0. The van der Waals surface area contributed by atoms with Crippen LogP contribution in [0, 0.1) is 6.92 Å². The van der Waals surface area contributed by atoms with Gasteiger partial charge in [0.05, 0.1) is 12.8 Å². The average molecular weight is 358 g/mol. The van der Waals surface area contributed by atoms with E-state index in [2.05, 4.69) is 15.4 Å². The highest BCUT2D eigenvalue weighted by Crippen LogP contribution is 2.22. The Labute approximate surface area is 146 Å². The molecule has 0 aliphatic carbocycles. The first-order chi connectivity index (χ1) is 12.0. The second-order valence-electron chi connectivity index (χ2n) is 5.05.